The van der Waals surface area contributed by atoms with Crippen molar-refractivity contribution >= 4 is 0 Å². The predicted molar refractivity (Wildman–Crippen MR) is 77.2 cm³/mol. The Labute approximate surface area is 122 Å². The Morgan fingerprint density at radius 2 is 2.00 bits per heavy atom. The van der Waals surface area contributed by atoms with Gasteiger partial charge in [-0.3, -0.25) is 0 Å². The molecule has 0 fully saturated rings. The molecule has 21 heavy (non-hydrogen) atoms. The van der Waals surface area contributed by atoms with Crippen LogP contribution in [0.15, 0.2) is 42.5 Å². The first-order valence-electron chi connectivity index (χ1n) is 7.06. The van der Waals surface area contributed by atoms with E-state index in [0.29, 0.717) is 24.8 Å². The molecule has 1 heterocycles. The first kappa shape index (κ1) is 14.0. The van der Waals surface area contributed by atoms with E-state index in [1.54, 1.807) is 24.3 Å². The molecule has 0 amide bonds. The summed E-state index contributed by atoms with van der Waals surface area (Å²) in [6.45, 7) is 0. The normalized spacial score (nSPS) is 18.1. The fraction of sp³-hybridized carbons (Fsp3) is 0.294. The number of nitrogens with two attached hydrogens (primary N) is 1. The molecule has 0 radical (unpaired) electrons. The molecule has 110 valence electrons. The van der Waals surface area contributed by atoms with E-state index in [2.05, 4.69) is 0 Å². The zero-order valence-corrected chi connectivity index (χ0v) is 11.6. The molecule has 3 rings (SSSR count). The molecule has 2 N–H and O–H groups in total. The highest BCUT2D eigenvalue weighted by atomic mass is 19.1. The molecular formula is C17H17F2NO. The smallest absolute Gasteiger partial charge is 0.126 e. The molecular weight excluding hydrogens is 272 g/mol. The lowest BCUT2D eigenvalue weighted by Gasteiger charge is -2.17. The van der Waals surface area contributed by atoms with Crippen LogP contribution in [-0.2, 0) is 12.8 Å². The summed E-state index contributed by atoms with van der Waals surface area (Å²) in [6, 6.07) is 11.0. The fourth-order valence-electron chi connectivity index (χ4n) is 2.79. The third kappa shape index (κ3) is 3.22. The molecule has 1 aliphatic heterocycles. The standard InChI is InChI=1S/C17H17F2NO/c18-13-5-6-17-12(7-13)9-15(21-17)10-14(20)8-11-3-1-2-4-16(11)19/h1-7,14-15H,8-10,20H2. The second kappa shape index (κ2) is 5.82. The monoisotopic (exact) mass is 289 g/mol. The first-order valence-corrected chi connectivity index (χ1v) is 7.06. The van der Waals surface area contributed by atoms with Crippen LogP contribution in [0.4, 0.5) is 8.78 Å². The van der Waals surface area contributed by atoms with Crippen LogP contribution in [0.1, 0.15) is 17.5 Å². The van der Waals surface area contributed by atoms with Gasteiger partial charge in [0.25, 0.3) is 0 Å². The zero-order valence-electron chi connectivity index (χ0n) is 11.6. The van der Waals surface area contributed by atoms with Crippen LogP contribution in [-0.4, -0.2) is 12.1 Å². The molecule has 4 heteroatoms. The number of ether oxygens (including phenoxy) is 1. The summed E-state index contributed by atoms with van der Waals surface area (Å²) in [7, 11) is 0. The van der Waals surface area contributed by atoms with Crippen molar-refractivity contribution in [3.05, 3.63) is 65.2 Å². The molecule has 2 unspecified atom stereocenters. The van der Waals surface area contributed by atoms with E-state index < -0.39 is 0 Å². The van der Waals surface area contributed by atoms with Crippen LogP contribution in [0, 0.1) is 11.6 Å². The third-order valence-electron chi connectivity index (χ3n) is 3.77. The highest BCUT2D eigenvalue weighted by Gasteiger charge is 2.25. The molecule has 0 bridgehead atoms. The SMILES string of the molecule is NC(Cc1ccccc1F)CC1Cc2cc(F)ccc2O1. The molecule has 0 saturated heterocycles. The van der Waals surface area contributed by atoms with Gasteiger partial charge >= 0.3 is 0 Å². The van der Waals surface area contributed by atoms with E-state index in [-0.39, 0.29) is 23.8 Å². The molecule has 2 aromatic rings. The summed E-state index contributed by atoms with van der Waals surface area (Å²) in [6.07, 6.45) is 1.67. The van der Waals surface area contributed by atoms with E-state index in [1.165, 1.54) is 18.2 Å². The molecule has 0 aromatic heterocycles. The Bertz CT molecular complexity index is 644. The summed E-state index contributed by atoms with van der Waals surface area (Å²) >= 11 is 0. The lowest BCUT2D eigenvalue weighted by molar-refractivity contribution is 0.209. The van der Waals surface area contributed by atoms with Crippen molar-refractivity contribution in [2.45, 2.75) is 31.4 Å². The van der Waals surface area contributed by atoms with Crippen molar-refractivity contribution < 1.29 is 13.5 Å². The van der Waals surface area contributed by atoms with E-state index in [1.807, 2.05) is 0 Å². The van der Waals surface area contributed by atoms with E-state index in [9.17, 15) is 8.78 Å². The van der Waals surface area contributed by atoms with E-state index in [0.717, 1.165) is 11.3 Å². The van der Waals surface area contributed by atoms with Gasteiger partial charge in [0.1, 0.15) is 23.5 Å². The summed E-state index contributed by atoms with van der Waals surface area (Å²) in [5, 5.41) is 0. The maximum atomic E-state index is 13.6. The van der Waals surface area contributed by atoms with Crippen LogP contribution in [0.25, 0.3) is 0 Å². The number of hydrogen-bond acceptors (Lipinski definition) is 2. The average molecular weight is 289 g/mol. The van der Waals surface area contributed by atoms with Crippen molar-refractivity contribution in [1.82, 2.24) is 0 Å². The second-order valence-corrected chi connectivity index (χ2v) is 5.49. The van der Waals surface area contributed by atoms with Crippen LogP contribution in [0.5, 0.6) is 5.75 Å². The highest BCUT2D eigenvalue weighted by Crippen LogP contribution is 2.31. The van der Waals surface area contributed by atoms with Crippen LogP contribution >= 0.6 is 0 Å². The van der Waals surface area contributed by atoms with Gasteiger partial charge in [0.05, 0.1) is 0 Å². The van der Waals surface area contributed by atoms with Crippen molar-refractivity contribution in [2.24, 2.45) is 5.73 Å². The lowest BCUT2D eigenvalue weighted by atomic mass is 9.99. The molecule has 2 aromatic carbocycles. The van der Waals surface area contributed by atoms with Crippen LogP contribution < -0.4 is 10.5 Å². The largest absolute Gasteiger partial charge is 0.490 e. The van der Waals surface area contributed by atoms with Crippen molar-refractivity contribution in [1.29, 1.82) is 0 Å². The lowest BCUT2D eigenvalue weighted by Crippen LogP contribution is -2.30. The maximum absolute atomic E-state index is 13.6. The number of rotatable bonds is 4. The van der Waals surface area contributed by atoms with Gasteiger partial charge in [-0.2, -0.15) is 0 Å². The van der Waals surface area contributed by atoms with E-state index in [4.69, 9.17) is 10.5 Å². The summed E-state index contributed by atoms with van der Waals surface area (Å²) in [5.41, 5.74) is 7.59. The Morgan fingerprint density at radius 1 is 1.19 bits per heavy atom. The summed E-state index contributed by atoms with van der Waals surface area (Å²) in [4.78, 5) is 0. The zero-order chi connectivity index (χ0) is 14.8. The van der Waals surface area contributed by atoms with Gasteiger partial charge < -0.3 is 10.5 Å². The van der Waals surface area contributed by atoms with Gasteiger partial charge in [-0.25, -0.2) is 8.78 Å². The third-order valence-corrected chi connectivity index (χ3v) is 3.77. The molecule has 2 nitrogen and oxygen atoms in total. The predicted octanol–water partition coefficient (Wildman–Crippen LogP) is 3.23. The Morgan fingerprint density at radius 3 is 2.81 bits per heavy atom. The van der Waals surface area contributed by atoms with Crippen molar-refractivity contribution in [2.75, 3.05) is 0 Å². The molecule has 1 aliphatic rings. The Balaban J connectivity index is 1.60. The van der Waals surface area contributed by atoms with Gasteiger partial charge in [0.2, 0.25) is 0 Å². The van der Waals surface area contributed by atoms with E-state index >= 15 is 0 Å². The molecule has 0 saturated carbocycles. The average Bonchev–Trinajstić information content (AvgIpc) is 2.82. The minimum atomic E-state index is -0.256. The minimum Gasteiger partial charge on any atom is -0.490 e. The fourth-order valence-corrected chi connectivity index (χ4v) is 2.79. The Kier molecular flexibility index (Phi) is 3.88. The van der Waals surface area contributed by atoms with Gasteiger partial charge in [0.15, 0.2) is 0 Å². The highest BCUT2D eigenvalue weighted by molar-refractivity contribution is 5.37. The second-order valence-electron chi connectivity index (χ2n) is 5.49. The number of fused-ring (bicyclic) bond motifs is 1. The molecule has 0 aliphatic carbocycles. The van der Waals surface area contributed by atoms with Crippen LogP contribution in [0.3, 0.4) is 0 Å². The Hall–Kier alpha value is -1.94. The van der Waals surface area contributed by atoms with Crippen molar-refractivity contribution in [3.63, 3.8) is 0 Å². The van der Waals surface area contributed by atoms with Gasteiger partial charge in [-0.15, -0.1) is 0 Å². The van der Waals surface area contributed by atoms with Crippen LogP contribution in [0.2, 0.25) is 0 Å². The summed E-state index contributed by atoms with van der Waals surface area (Å²) < 4.78 is 32.5. The number of hydrogen-bond donors (Lipinski definition) is 1. The number of halogens is 2. The van der Waals surface area contributed by atoms with Gasteiger partial charge in [-0.1, -0.05) is 18.2 Å². The van der Waals surface area contributed by atoms with Gasteiger partial charge in [-0.05, 0) is 36.2 Å². The summed E-state index contributed by atoms with van der Waals surface area (Å²) in [5.74, 6) is 0.235. The van der Waals surface area contributed by atoms with Crippen molar-refractivity contribution in [3.8, 4) is 5.75 Å². The minimum absolute atomic E-state index is 0.0661. The van der Waals surface area contributed by atoms with Gasteiger partial charge in [0, 0.05) is 24.4 Å². The maximum Gasteiger partial charge on any atom is 0.126 e. The first-order chi connectivity index (χ1) is 10.1. The quantitative estimate of drug-likeness (QED) is 0.938. The molecule has 0 spiro atoms. The molecule has 2 atom stereocenters. The number of benzene rings is 2. The topological polar surface area (TPSA) is 35.2 Å².